The molecule has 0 amide bonds. The van der Waals surface area contributed by atoms with Crippen LogP contribution in [0.25, 0.3) is 6.08 Å². The van der Waals surface area contributed by atoms with Crippen LogP contribution in [-0.4, -0.2) is 24.5 Å². The third kappa shape index (κ3) is 4.06. The fourth-order valence-corrected chi connectivity index (χ4v) is 0.760. The van der Waals surface area contributed by atoms with E-state index < -0.39 is 0 Å². The Morgan fingerprint density at radius 1 is 1.46 bits per heavy atom. The van der Waals surface area contributed by atoms with Gasteiger partial charge in [0.2, 0.25) is 0 Å². The quantitative estimate of drug-likeness (QED) is 0.653. The van der Waals surface area contributed by atoms with Crippen LogP contribution in [0, 0.1) is 0 Å². The Bertz CT molecular complexity index is 264. The Kier molecular flexibility index (Phi) is 4.32. The van der Waals surface area contributed by atoms with E-state index in [0.717, 1.165) is 18.8 Å². The monoisotopic (exact) mass is 176 g/mol. The fourth-order valence-electron chi connectivity index (χ4n) is 0.760. The molecule has 0 aliphatic carbocycles. The molecule has 0 saturated heterocycles. The number of aromatic nitrogens is 1. The summed E-state index contributed by atoms with van der Waals surface area (Å²) >= 11 is 0. The zero-order chi connectivity index (χ0) is 9.36. The smallest absolute Gasteiger partial charge is 0.169 e. The molecule has 2 rings (SSSR count). The lowest BCUT2D eigenvalue weighted by atomic mass is 10.4. The van der Waals surface area contributed by atoms with Crippen molar-refractivity contribution in [2.24, 2.45) is 4.99 Å². The highest BCUT2D eigenvalue weighted by molar-refractivity contribution is 5.47. The molecule has 0 N–H and O–H groups in total. The van der Waals surface area contributed by atoms with Crippen molar-refractivity contribution in [3.63, 3.8) is 0 Å². The van der Waals surface area contributed by atoms with Crippen LogP contribution in [0.5, 0.6) is 0 Å². The maximum absolute atomic E-state index is 4.65. The van der Waals surface area contributed by atoms with Gasteiger partial charge in [0.1, 0.15) is 6.61 Å². The Hall–Kier alpha value is -1.64. The minimum atomic E-state index is 0.778. The van der Waals surface area contributed by atoms with E-state index in [9.17, 15) is 0 Å². The van der Waals surface area contributed by atoms with Gasteiger partial charge in [-0.25, -0.2) is 0 Å². The first kappa shape index (κ1) is 9.45. The highest BCUT2D eigenvalue weighted by atomic mass is 16.5. The summed E-state index contributed by atoms with van der Waals surface area (Å²) in [7, 11) is 0. The normalized spacial score (nSPS) is 12.6. The van der Waals surface area contributed by atoms with E-state index in [-0.39, 0.29) is 0 Å². The van der Waals surface area contributed by atoms with Gasteiger partial charge >= 0.3 is 0 Å². The molecular formula is C10H12N2O. The zero-order valence-electron chi connectivity index (χ0n) is 7.39. The van der Waals surface area contributed by atoms with Gasteiger partial charge in [-0.05, 0) is 18.2 Å². The van der Waals surface area contributed by atoms with Crippen molar-refractivity contribution in [3.8, 4) is 0 Å². The summed E-state index contributed by atoms with van der Waals surface area (Å²) in [5, 5.41) is 0. The molecule has 0 bridgehead atoms. The predicted molar refractivity (Wildman–Crippen MR) is 53.6 cm³/mol. The standard InChI is InChI=1S/C7H7N.C3H5NO/c1-2-7-5-3-4-6-8-7;1-2-5-3-4-1/h2-6H,1H2;3H,1-2H2. The fraction of sp³-hybridized carbons (Fsp3) is 0.200. The van der Waals surface area contributed by atoms with Crippen molar-refractivity contribution in [1.29, 1.82) is 0 Å². The second-order valence-electron chi connectivity index (χ2n) is 2.34. The maximum atomic E-state index is 4.65. The molecule has 1 aliphatic heterocycles. The molecule has 0 saturated carbocycles. The number of rotatable bonds is 1. The molecule has 0 radical (unpaired) electrons. The van der Waals surface area contributed by atoms with Gasteiger partial charge in [-0.15, -0.1) is 0 Å². The average Bonchev–Trinajstić information content (AvgIpc) is 2.77. The summed E-state index contributed by atoms with van der Waals surface area (Å²) in [6.07, 6.45) is 4.96. The van der Waals surface area contributed by atoms with Gasteiger partial charge in [0.15, 0.2) is 6.40 Å². The lowest BCUT2D eigenvalue weighted by molar-refractivity contribution is 0.361. The first-order valence-electron chi connectivity index (χ1n) is 4.07. The molecule has 3 nitrogen and oxygen atoms in total. The van der Waals surface area contributed by atoms with E-state index in [1.165, 1.54) is 6.40 Å². The SMILES string of the molecule is C1=NCCO1.C=Cc1ccccn1. The topological polar surface area (TPSA) is 34.5 Å². The number of pyridine rings is 1. The summed E-state index contributed by atoms with van der Waals surface area (Å²) in [5.41, 5.74) is 0.924. The molecule has 3 heteroatoms. The zero-order valence-corrected chi connectivity index (χ0v) is 7.39. The number of aliphatic imine (C=N–C) groups is 1. The van der Waals surface area contributed by atoms with Crippen LogP contribution in [0.15, 0.2) is 36.0 Å². The van der Waals surface area contributed by atoms with Gasteiger partial charge in [0, 0.05) is 6.20 Å². The second-order valence-corrected chi connectivity index (χ2v) is 2.34. The molecule has 0 fully saturated rings. The molecule has 2 heterocycles. The van der Waals surface area contributed by atoms with Crippen LogP contribution in [-0.2, 0) is 4.74 Å². The Morgan fingerprint density at radius 2 is 2.38 bits per heavy atom. The molecule has 1 aromatic heterocycles. The van der Waals surface area contributed by atoms with Crippen LogP contribution in [0.2, 0.25) is 0 Å². The van der Waals surface area contributed by atoms with Crippen LogP contribution >= 0.6 is 0 Å². The van der Waals surface area contributed by atoms with Gasteiger partial charge in [-0.3, -0.25) is 9.98 Å². The molecule has 0 spiro atoms. The van der Waals surface area contributed by atoms with Crippen molar-refractivity contribution in [1.82, 2.24) is 4.98 Å². The van der Waals surface area contributed by atoms with E-state index in [0.29, 0.717) is 0 Å². The van der Waals surface area contributed by atoms with Gasteiger partial charge in [0.25, 0.3) is 0 Å². The molecule has 1 aromatic rings. The third-order valence-corrected chi connectivity index (χ3v) is 1.38. The molecule has 0 aromatic carbocycles. The molecule has 0 unspecified atom stereocenters. The Morgan fingerprint density at radius 3 is 2.69 bits per heavy atom. The Balaban J connectivity index is 0.000000145. The average molecular weight is 176 g/mol. The van der Waals surface area contributed by atoms with Gasteiger partial charge in [-0.2, -0.15) is 0 Å². The number of hydrogen-bond donors (Lipinski definition) is 0. The first-order valence-corrected chi connectivity index (χ1v) is 4.07. The van der Waals surface area contributed by atoms with Crippen LogP contribution in [0.1, 0.15) is 5.69 Å². The van der Waals surface area contributed by atoms with Crippen molar-refractivity contribution in [2.75, 3.05) is 13.2 Å². The lowest BCUT2D eigenvalue weighted by Gasteiger charge is -1.84. The molecule has 68 valence electrons. The number of hydrogen-bond acceptors (Lipinski definition) is 3. The molecule has 1 aliphatic rings. The molecule has 0 atom stereocenters. The predicted octanol–water partition coefficient (Wildman–Crippen LogP) is 1.77. The summed E-state index contributed by atoms with van der Waals surface area (Å²) in [4.78, 5) is 7.72. The van der Waals surface area contributed by atoms with Crippen LogP contribution < -0.4 is 0 Å². The number of ether oxygens (including phenoxy) is 1. The summed E-state index contributed by atoms with van der Waals surface area (Å²) < 4.78 is 4.65. The minimum Gasteiger partial charge on any atom is -0.482 e. The summed E-state index contributed by atoms with van der Waals surface area (Å²) in [6.45, 7) is 5.19. The van der Waals surface area contributed by atoms with Crippen molar-refractivity contribution in [3.05, 3.63) is 36.7 Å². The van der Waals surface area contributed by atoms with Gasteiger partial charge < -0.3 is 4.74 Å². The van der Waals surface area contributed by atoms with Gasteiger partial charge in [-0.1, -0.05) is 12.6 Å². The maximum Gasteiger partial charge on any atom is 0.169 e. The third-order valence-electron chi connectivity index (χ3n) is 1.38. The van der Waals surface area contributed by atoms with E-state index in [1.807, 2.05) is 18.2 Å². The lowest BCUT2D eigenvalue weighted by Crippen LogP contribution is -1.80. The van der Waals surface area contributed by atoms with Crippen LogP contribution in [0.3, 0.4) is 0 Å². The van der Waals surface area contributed by atoms with E-state index in [2.05, 4.69) is 21.3 Å². The highest BCUT2D eigenvalue weighted by Crippen LogP contribution is 1.91. The van der Waals surface area contributed by atoms with Crippen molar-refractivity contribution in [2.45, 2.75) is 0 Å². The Labute approximate surface area is 77.8 Å². The van der Waals surface area contributed by atoms with Crippen molar-refractivity contribution >= 4 is 12.5 Å². The second kappa shape index (κ2) is 5.94. The highest BCUT2D eigenvalue weighted by Gasteiger charge is 1.84. The van der Waals surface area contributed by atoms with E-state index in [4.69, 9.17) is 0 Å². The number of nitrogens with zero attached hydrogens (tertiary/aromatic N) is 2. The van der Waals surface area contributed by atoms with E-state index >= 15 is 0 Å². The first-order chi connectivity index (χ1) is 6.43. The van der Waals surface area contributed by atoms with Gasteiger partial charge in [0.05, 0.1) is 12.2 Å². The minimum absolute atomic E-state index is 0.778. The summed E-state index contributed by atoms with van der Waals surface area (Å²) in [5.74, 6) is 0. The summed E-state index contributed by atoms with van der Waals surface area (Å²) in [6, 6.07) is 5.73. The molecule has 13 heavy (non-hydrogen) atoms. The largest absolute Gasteiger partial charge is 0.482 e. The van der Waals surface area contributed by atoms with Crippen molar-refractivity contribution < 1.29 is 4.74 Å². The molecular weight excluding hydrogens is 164 g/mol. The van der Waals surface area contributed by atoms with Crippen LogP contribution in [0.4, 0.5) is 0 Å². The van der Waals surface area contributed by atoms with E-state index in [1.54, 1.807) is 12.3 Å².